The molecule has 0 fully saturated rings. The van der Waals surface area contributed by atoms with Crippen LogP contribution in [0.3, 0.4) is 0 Å². The van der Waals surface area contributed by atoms with E-state index < -0.39 is 6.04 Å². The summed E-state index contributed by atoms with van der Waals surface area (Å²) >= 11 is 0. The SMILES string of the molecule is CC(C)CC(CO)NC(=O)[C@@H](N)Cc1ccc(O)cc1. The number of aromatic hydroxyl groups is 1. The second-order valence-electron chi connectivity index (χ2n) is 5.49. The molecule has 1 rings (SSSR count). The summed E-state index contributed by atoms with van der Waals surface area (Å²) < 4.78 is 0. The lowest BCUT2D eigenvalue weighted by Crippen LogP contribution is -2.48. The van der Waals surface area contributed by atoms with Gasteiger partial charge in [-0.1, -0.05) is 26.0 Å². The Balaban J connectivity index is 2.51. The Kier molecular flexibility index (Phi) is 6.48. The molecule has 2 atom stereocenters. The highest BCUT2D eigenvalue weighted by Crippen LogP contribution is 2.11. The molecular weight excluding hydrogens is 256 g/mol. The number of carbonyl (C=O) groups is 1. The third-order valence-corrected chi connectivity index (χ3v) is 3.05. The number of rotatable bonds is 7. The van der Waals surface area contributed by atoms with Gasteiger partial charge in [-0.3, -0.25) is 4.79 Å². The van der Waals surface area contributed by atoms with Gasteiger partial charge in [-0.25, -0.2) is 0 Å². The first-order valence-corrected chi connectivity index (χ1v) is 6.87. The van der Waals surface area contributed by atoms with Gasteiger partial charge in [0.05, 0.1) is 18.7 Å². The Morgan fingerprint density at radius 2 is 1.90 bits per heavy atom. The van der Waals surface area contributed by atoms with Crippen LogP contribution in [0, 0.1) is 5.92 Å². The smallest absolute Gasteiger partial charge is 0.237 e. The molecule has 20 heavy (non-hydrogen) atoms. The molecule has 0 aliphatic heterocycles. The van der Waals surface area contributed by atoms with E-state index in [9.17, 15) is 15.0 Å². The molecule has 0 saturated carbocycles. The van der Waals surface area contributed by atoms with E-state index in [1.54, 1.807) is 24.3 Å². The van der Waals surface area contributed by atoms with Gasteiger partial charge >= 0.3 is 0 Å². The average Bonchev–Trinajstić information content (AvgIpc) is 2.39. The molecule has 0 heterocycles. The zero-order valence-electron chi connectivity index (χ0n) is 12.0. The number of phenols is 1. The fraction of sp³-hybridized carbons (Fsp3) is 0.533. The van der Waals surface area contributed by atoms with Crippen molar-refractivity contribution in [3.05, 3.63) is 29.8 Å². The number of hydrogen-bond donors (Lipinski definition) is 4. The monoisotopic (exact) mass is 280 g/mol. The molecule has 5 heteroatoms. The highest BCUT2D eigenvalue weighted by molar-refractivity contribution is 5.82. The molecule has 0 aliphatic carbocycles. The van der Waals surface area contributed by atoms with Gasteiger partial charge in [0, 0.05) is 0 Å². The van der Waals surface area contributed by atoms with Crippen molar-refractivity contribution in [3.8, 4) is 5.75 Å². The molecular formula is C15H24N2O3. The van der Waals surface area contributed by atoms with Crippen molar-refractivity contribution in [2.45, 2.75) is 38.8 Å². The van der Waals surface area contributed by atoms with Gasteiger partial charge in [0.1, 0.15) is 5.75 Å². The molecule has 112 valence electrons. The van der Waals surface area contributed by atoms with Crippen molar-refractivity contribution in [1.29, 1.82) is 0 Å². The van der Waals surface area contributed by atoms with E-state index in [0.29, 0.717) is 18.8 Å². The van der Waals surface area contributed by atoms with Gasteiger partial charge in [0.15, 0.2) is 0 Å². The number of aliphatic hydroxyl groups is 1. The Morgan fingerprint density at radius 1 is 1.30 bits per heavy atom. The van der Waals surface area contributed by atoms with Crippen molar-refractivity contribution in [2.75, 3.05) is 6.61 Å². The van der Waals surface area contributed by atoms with Crippen molar-refractivity contribution in [3.63, 3.8) is 0 Å². The summed E-state index contributed by atoms with van der Waals surface area (Å²) in [4.78, 5) is 12.0. The second kappa shape index (κ2) is 7.87. The highest BCUT2D eigenvalue weighted by atomic mass is 16.3. The lowest BCUT2D eigenvalue weighted by Gasteiger charge is -2.20. The maximum absolute atomic E-state index is 12.0. The predicted molar refractivity (Wildman–Crippen MR) is 78.3 cm³/mol. The largest absolute Gasteiger partial charge is 0.508 e. The van der Waals surface area contributed by atoms with Crippen LogP contribution in [0.2, 0.25) is 0 Å². The molecule has 1 amide bonds. The fourth-order valence-electron chi connectivity index (χ4n) is 2.04. The zero-order chi connectivity index (χ0) is 15.1. The van der Waals surface area contributed by atoms with Gasteiger partial charge in [-0.2, -0.15) is 0 Å². The fourth-order valence-corrected chi connectivity index (χ4v) is 2.04. The molecule has 0 saturated heterocycles. The van der Waals surface area contributed by atoms with Crippen LogP contribution < -0.4 is 11.1 Å². The first kappa shape index (κ1) is 16.5. The number of phenolic OH excluding ortho intramolecular Hbond substituents is 1. The number of nitrogens with one attached hydrogen (secondary N) is 1. The molecule has 1 aromatic carbocycles. The summed E-state index contributed by atoms with van der Waals surface area (Å²) in [7, 11) is 0. The van der Waals surface area contributed by atoms with E-state index in [-0.39, 0.29) is 24.3 Å². The van der Waals surface area contributed by atoms with E-state index in [4.69, 9.17) is 5.73 Å². The van der Waals surface area contributed by atoms with E-state index in [1.165, 1.54) is 0 Å². The van der Waals surface area contributed by atoms with Crippen LogP contribution in [-0.2, 0) is 11.2 Å². The molecule has 0 bridgehead atoms. The lowest BCUT2D eigenvalue weighted by molar-refractivity contribution is -0.123. The summed E-state index contributed by atoms with van der Waals surface area (Å²) in [5.41, 5.74) is 6.75. The summed E-state index contributed by atoms with van der Waals surface area (Å²) in [6, 6.07) is 5.68. The van der Waals surface area contributed by atoms with Gasteiger partial charge in [0.2, 0.25) is 5.91 Å². The molecule has 0 aliphatic rings. The van der Waals surface area contributed by atoms with E-state index in [1.807, 2.05) is 13.8 Å². The van der Waals surface area contributed by atoms with Crippen LogP contribution in [0.15, 0.2) is 24.3 Å². The summed E-state index contributed by atoms with van der Waals surface area (Å²) in [6.45, 7) is 3.98. The van der Waals surface area contributed by atoms with Crippen molar-refractivity contribution in [1.82, 2.24) is 5.32 Å². The topological polar surface area (TPSA) is 95.6 Å². The number of amides is 1. The van der Waals surface area contributed by atoms with Crippen LogP contribution in [0.25, 0.3) is 0 Å². The van der Waals surface area contributed by atoms with Crippen LogP contribution in [0.1, 0.15) is 25.8 Å². The third-order valence-electron chi connectivity index (χ3n) is 3.05. The first-order valence-electron chi connectivity index (χ1n) is 6.87. The quantitative estimate of drug-likeness (QED) is 0.593. The molecule has 0 spiro atoms. The van der Waals surface area contributed by atoms with Crippen molar-refractivity contribution >= 4 is 5.91 Å². The van der Waals surface area contributed by atoms with Crippen LogP contribution in [0.4, 0.5) is 0 Å². The number of nitrogens with two attached hydrogens (primary N) is 1. The van der Waals surface area contributed by atoms with Gasteiger partial charge in [-0.15, -0.1) is 0 Å². The average molecular weight is 280 g/mol. The van der Waals surface area contributed by atoms with E-state index >= 15 is 0 Å². The molecule has 5 nitrogen and oxygen atoms in total. The summed E-state index contributed by atoms with van der Waals surface area (Å²) in [5, 5.41) is 21.2. The number of aliphatic hydroxyl groups excluding tert-OH is 1. The minimum absolute atomic E-state index is 0.0875. The first-order chi connectivity index (χ1) is 9.42. The predicted octanol–water partition coefficient (Wildman–Crippen LogP) is 0.785. The Hall–Kier alpha value is -1.59. The summed E-state index contributed by atoms with van der Waals surface area (Å²) in [5.74, 6) is 0.308. The number of carbonyl (C=O) groups excluding carboxylic acids is 1. The molecule has 1 aromatic rings. The zero-order valence-corrected chi connectivity index (χ0v) is 12.0. The van der Waals surface area contributed by atoms with Gasteiger partial charge in [-0.05, 0) is 36.5 Å². The van der Waals surface area contributed by atoms with Crippen LogP contribution in [-0.4, -0.2) is 34.8 Å². The molecule has 1 unspecified atom stereocenters. The Bertz CT molecular complexity index is 418. The minimum atomic E-state index is -0.666. The maximum Gasteiger partial charge on any atom is 0.237 e. The maximum atomic E-state index is 12.0. The number of hydrogen-bond acceptors (Lipinski definition) is 4. The lowest BCUT2D eigenvalue weighted by atomic mass is 10.0. The molecule has 0 aromatic heterocycles. The van der Waals surface area contributed by atoms with Crippen molar-refractivity contribution < 1.29 is 15.0 Å². The molecule has 5 N–H and O–H groups in total. The van der Waals surface area contributed by atoms with Gasteiger partial charge in [0.25, 0.3) is 0 Å². The standard InChI is InChI=1S/C15H24N2O3/c1-10(2)7-12(9-18)17-15(20)14(16)8-11-3-5-13(19)6-4-11/h3-6,10,12,14,18-19H,7-9,16H2,1-2H3,(H,17,20)/t12?,14-/m0/s1. The normalized spacial score (nSPS) is 14.1. The Morgan fingerprint density at radius 3 is 2.40 bits per heavy atom. The minimum Gasteiger partial charge on any atom is -0.508 e. The van der Waals surface area contributed by atoms with Gasteiger partial charge < -0.3 is 21.3 Å². The second-order valence-corrected chi connectivity index (χ2v) is 5.49. The van der Waals surface area contributed by atoms with Crippen molar-refractivity contribution in [2.24, 2.45) is 11.7 Å². The Labute approximate surface area is 119 Å². The molecule has 0 radical (unpaired) electrons. The third kappa shape index (κ3) is 5.59. The van der Waals surface area contributed by atoms with Crippen LogP contribution in [0.5, 0.6) is 5.75 Å². The van der Waals surface area contributed by atoms with E-state index in [0.717, 1.165) is 5.56 Å². The van der Waals surface area contributed by atoms with E-state index in [2.05, 4.69) is 5.32 Å². The highest BCUT2D eigenvalue weighted by Gasteiger charge is 2.18. The number of benzene rings is 1. The summed E-state index contributed by atoms with van der Waals surface area (Å²) in [6.07, 6.45) is 1.11. The van der Waals surface area contributed by atoms with Crippen LogP contribution >= 0.6 is 0 Å².